The van der Waals surface area contributed by atoms with Gasteiger partial charge in [-0.05, 0) is 24.1 Å². The van der Waals surface area contributed by atoms with Crippen LogP contribution >= 0.6 is 27.3 Å². The van der Waals surface area contributed by atoms with Gasteiger partial charge in [-0.1, -0.05) is 65.4 Å². The van der Waals surface area contributed by atoms with E-state index in [0.717, 1.165) is 47.9 Å². The minimum atomic E-state index is 0.0643. The van der Waals surface area contributed by atoms with Gasteiger partial charge in [0.05, 0.1) is 27.2 Å². The highest BCUT2D eigenvalue weighted by Gasteiger charge is 2.36. The maximum Gasteiger partial charge on any atom is 0.212 e. The Kier molecular flexibility index (Phi) is 3.42. The molecule has 5 rings (SSSR count). The molecule has 0 aliphatic heterocycles. The first-order valence-corrected chi connectivity index (χ1v) is 9.99. The third-order valence-corrected chi connectivity index (χ3v) is 6.12. The van der Waals surface area contributed by atoms with Crippen molar-refractivity contribution in [2.45, 2.75) is 19.8 Å². The second-order valence-electron chi connectivity index (χ2n) is 6.66. The summed E-state index contributed by atoms with van der Waals surface area (Å²) in [4.78, 5) is 17.8. The molecule has 0 radical (unpaired) electrons. The van der Waals surface area contributed by atoms with Gasteiger partial charge in [0.15, 0.2) is 5.78 Å². The molecule has 0 unspecified atom stereocenters. The molecule has 0 fully saturated rings. The number of rotatable bonds is 2. The first-order valence-electron chi connectivity index (χ1n) is 8.38. The molecule has 0 spiro atoms. The van der Waals surface area contributed by atoms with Crippen molar-refractivity contribution in [1.29, 1.82) is 0 Å². The Labute approximate surface area is 162 Å². The molecule has 0 bridgehead atoms. The Bertz CT molecular complexity index is 1210. The number of halogens is 1. The van der Waals surface area contributed by atoms with E-state index in [9.17, 15) is 4.79 Å². The second-order valence-corrected chi connectivity index (χ2v) is 8.58. The van der Waals surface area contributed by atoms with Crippen LogP contribution in [0, 0.1) is 0 Å². The first-order chi connectivity index (χ1) is 12.5. The van der Waals surface area contributed by atoms with Crippen LogP contribution in [0.1, 0.15) is 41.4 Å². The summed E-state index contributed by atoms with van der Waals surface area (Å²) in [5, 5.41) is 5.58. The molecule has 6 heteroatoms. The molecule has 0 amide bonds. The number of nitrogens with zero attached hydrogens (tertiary/aromatic N) is 3. The van der Waals surface area contributed by atoms with Crippen LogP contribution < -0.4 is 0 Å². The van der Waals surface area contributed by atoms with Gasteiger partial charge in [0.25, 0.3) is 0 Å². The van der Waals surface area contributed by atoms with Crippen LogP contribution in [-0.4, -0.2) is 20.5 Å². The zero-order valence-corrected chi connectivity index (χ0v) is 16.6. The lowest BCUT2D eigenvalue weighted by Crippen LogP contribution is -2.03. The van der Waals surface area contributed by atoms with Crippen LogP contribution in [0.15, 0.2) is 46.9 Å². The Morgan fingerprint density at radius 1 is 1.12 bits per heavy atom. The van der Waals surface area contributed by atoms with E-state index < -0.39 is 0 Å². The number of fused-ring (bicyclic) bond motifs is 4. The Morgan fingerprint density at radius 3 is 2.65 bits per heavy atom. The number of hydrogen-bond donors (Lipinski definition) is 0. The van der Waals surface area contributed by atoms with Crippen molar-refractivity contribution in [2.75, 3.05) is 0 Å². The predicted octanol–water partition coefficient (Wildman–Crippen LogP) is 5.58. The molecule has 0 saturated carbocycles. The van der Waals surface area contributed by atoms with Crippen LogP contribution in [0.4, 0.5) is 0 Å². The Morgan fingerprint density at radius 2 is 1.88 bits per heavy atom. The van der Waals surface area contributed by atoms with E-state index in [1.165, 1.54) is 0 Å². The number of thiazole rings is 1. The molecular weight excluding hydrogens is 410 g/mol. The molecule has 26 heavy (non-hydrogen) atoms. The normalized spacial score (nSPS) is 12.8. The van der Waals surface area contributed by atoms with Gasteiger partial charge < -0.3 is 0 Å². The Balaban J connectivity index is 1.82. The summed E-state index contributed by atoms with van der Waals surface area (Å²) in [6, 6.07) is 13.8. The number of aromatic nitrogens is 3. The maximum absolute atomic E-state index is 13.0. The highest BCUT2D eigenvalue weighted by Crippen LogP contribution is 2.42. The van der Waals surface area contributed by atoms with Gasteiger partial charge in [-0.15, -0.1) is 0 Å². The summed E-state index contributed by atoms with van der Waals surface area (Å²) >= 11 is 5.09. The quantitative estimate of drug-likeness (QED) is 0.372. The van der Waals surface area contributed by atoms with Gasteiger partial charge >= 0.3 is 0 Å². The summed E-state index contributed by atoms with van der Waals surface area (Å²) in [6.45, 7) is 4.14. The zero-order valence-electron chi connectivity index (χ0n) is 14.2. The van der Waals surface area contributed by atoms with Crippen molar-refractivity contribution in [3.05, 3.63) is 63.8 Å². The molecule has 0 N–H and O–H groups in total. The van der Waals surface area contributed by atoms with Crippen molar-refractivity contribution in [1.82, 2.24) is 14.8 Å². The van der Waals surface area contributed by atoms with E-state index in [1.54, 1.807) is 11.3 Å². The summed E-state index contributed by atoms with van der Waals surface area (Å²) in [5.41, 5.74) is 5.04. The maximum atomic E-state index is 13.0. The molecule has 1 aliphatic rings. The topological polar surface area (TPSA) is 47.8 Å². The number of carbonyl (C=O) groups is 1. The van der Waals surface area contributed by atoms with E-state index in [1.807, 2.05) is 41.1 Å². The average molecular weight is 424 g/mol. The minimum absolute atomic E-state index is 0.0643. The molecule has 1 aliphatic carbocycles. The minimum Gasteiger partial charge on any atom is -0.288 e. The fourth-order valence-electron chi connectivity index (χ4n) is 3.45. The predicted molar refractivity (Wildman–Crippen MR) is 107 cm³/mol. The van der Waals surface area contributed by atoms with Crippen LogP contribution in [-0.2, 0) is 0 Å². The number of carbonyl (C=O) groups excluding carboxylic acids is 1. The molecule has 2 heterocycles. The van der Waals surface area contributed by atoms with Crippen molar-refractivity contribution in [3.63, 3.8) is 0 Å². The van der Waals surface area contributed by atoms with Gasteiger partial charge in [0.1, 0.15) is 0 Å². The SMILES string of the molecule is CC(C)c1nn(-c2nc3ccc(Br)cc3s2)c2c1C(=O)c1ccccc1-2. The zero-order chi connectivity index (χ0) is 18.0. The molecule has 2 aromatic heterocycles. The van der Waals surface area contributed by atoms with Crippen molar-refractivity contribution < 1.29 is 4.79 Å². The average Bonchev–Trinajstić information content (AvgIpc) is 3.28. The van der Waals surface area contributed by atoms with Gasteiger partial charge in [-0.3, -0.25) is 4.79 Å². The summed E-state index contributed by atoms with van der Waals surface area (Å²) in [6.07, 6.45) is 0. The summed E-state index contributed by atoms with van der Waals surface area (Å²) in [7, 11) is 0. The lowest BCUT2D eigenvalue weighted by atomic mass is 10.0. The van der Waals surface area contributed by atoms with Gasteiger partial charge in [-0.2, -0.15) is 5.10 Å². The molecule has 4 aromatic rings. The highest BCUT2D eigenvalue weighted by molar-refractivity contribution is 9.10. The van der Waals surface area contributed by atoms with Crippen LogP contribution in [0.3, 0.4) is 0 Å². The lowest BCUT2D eigenvalue weighted by molar-refractivity contribution is 0.104. The number of ketones is 1. The highest BCUT2D eigenvalue weighted by atomic mass is 79.9. The van der Waals surface area contributed by atoms with Gasteiger partial charge in [-0.25, -0.2) is 9.67 Å². The van der Waals surface area contributed by atoms with Crippen LogP contribution in [0.2, 0.25) is 0 Å². The van der Waals surface area contributed by atoms with E-state index >= 15 is 0 Å². The van der Waals surface area contributed by atoms with Crippen molar-refractivity contribution >= 4 is 43.3 Å². The number of hydrogen-bond acceptors (Lipinski definition) is 4. The fraction of sp³-hybridized carbons (Fsp3) is 0.150. The molecule has 0 atom stereocenters. The smallest absolute Gasteiger partial charge is 0.212 e. The monoisotopic (exact) mass is 423 g/mol. The second kappa shape index (κ2) is 5.59. The lowest BCUT2D eigenvalue weighted by Gasteiger charge is -2.04. The van der Waals surface area contributed by atoms with Gasteiger partial charge in [0, 0.05) is 15.6 Å². The third-order valence-electron chi connectivity index (χ3n) is 4.63. The largest absolute Gasteiger partial charge is 0.288 e. The third kappa shape index (κ3) is 2.15. The van der Waals surface area contributed by atoms with Gasteiger partial charge in [0.2, 0.25) is 5.13 Å². The van der Waals surface area contributed by atoms with E-state index in [-0.39, 0.29) is 11.7 Å². The van der Waals surface area contributed by atoms with E-state index in [4.69, 9.17) is 10.1 Å². The van der Waals surface area contributed by atoms with Crippen molar-refractivity contribution in [2.24, 2.45) is 0 Å². The summed E-state index contributed by atoms with van der Waals surface area (Å²) in [5.74, 6) is 0.223. The van der Waals surface area contributed by atoms with Crippen molar-refractivity contribution in [3.8, 4) is 16.4 Å². The molecule has 4 nitrogen and oxygen atoms in total. The molecule has 0 saturated heterocycles. The molecule has 2 aromatic carbocycles. The standard InChI is InChI=1S/C20H14BrN3OS/c1-10(2)17-16-18(12-5-3-4-6-13(12)19(16)25)24(23-17)20-22-14-8-7-11(21)9-15(14)26-20/h3-10H,1-2H3. The van der Waals surface area contributed by atoms with E-state index in [2.05, 4.69) is 35.8 Å². The van der Waals surface area contributed by atoms with Crippen LogP contribution in [0.5, 0.6) is 0 Å². The first kappa shape index (κ1) is 15.9. The van der Waals surface area contributed by atoms with Crippen LogP contribution in [0.25, 0.3) is 26.6 Å². The van der Waals surface area contributed by atoms with E-state index in [0.29, 0.717) is 0 Å². The summed E-state index contributed by atoms with van der Waals surface area (Å²) < 4.78 is 3.96. The molecular formula is C20H14BrN3OS. The molecule has 128 valence electrons. The number of benzene rings is 2. The Hall–Kier alpha value is -2.31. The fourth-order valence-corrected chi connectivity index (χ4v) is 4.93.